The summed E-state index contributed by atoms with van der Waals surface area (Å²) in [6, 6.07) is 11.5. The second kappa shape index (κ2) is 9.34. The van der Waals surface area contributed by atoms with Crippen LogP contribution in [0.3, 0.4) is 0 Å². The molecule has 30 heavy (non-hydrogen) atoms. The lowest BCUT2D eigenvalue weighted by Crippen LogP contribution is -2.55. The Kier molecular flexibility index (Phi) is 7.02. The second-order valence-electron chi connectivity index (χ2n) is 6.92. The highest BCUT2D eigenvalue weighted by molar-refractivity contribution is 7.89. The number of amides is 2. The first kappa shape index (κ1) is 22.6. The normalized spacial score (nSPS) is 15.7. The minimum Gasteiger partial charge on any atom is -0.338 e. The van der Waals surface area contributed by atoms with Gasteiger partial charge in [-0.2, -0.15) is 4.72 Å². The first-order chi connectivity index (χ1) is 14.2. The van der Waals surface area contributed by atoms with Gasteiger partial charge in [0.05, 0.1) is 10.9 Å². The van der Waals surface area contributed by atoms with Gasteiger partial charge in [0.1, 0.15) is 0 Å². The van der Waals surface area contributed by atoms with Crippen LogP contribution in [-0.4, -0.2) is 62.3 Å². The molecule has 10 heteroatoms. The summed E-state index contributed by atoms with van der Waals surface area (Å²) in [6.45, 7) is 2.84. The maximum absolute atomic E-state index is 12.7. The second-order valence-corrected chi connectivity index (χ2v) is 9.51. The van der Waals surface area contributed by atoms with Gasteiger partial charge < -0.3 is 9.80 Å². The van der Waals surface area contributed by atoms with E-state index in [0.29, 0.717) is 41.8 Å². The summed E-state index contributed by atoms with van der Waals surface area (Å²) >= 11 is 11.7. The Morgan fingerprint density at radius 2 is 1.53 bits per heavy atom. The number of carbonyl (C=O) groups excluding carboxylic acids is 2. The number of hydrogen-bond donors (Lipinski definition) is 1. The number of rotatable bonds is 5. The third kappa shape index (κ3) is 5.31. The van der Waals surface area contributed by atoms with Crippen molar-refractivity contribution in [3.63, 3.8) is 0 Å². The lowest BCUT2D eigenvalue weighted by molar-refractivity contribution is -0.134. The van der Waals surface area contributed by atoms with Crippen LogP contribution in [-0.2, 0) is 14.8 Å². The molecule has 2 amide bonds. The van der Waals surface area contributed by atoms with Crippen LogP contribution in [0.5, 0.6) is 0 Å². The Morgan fingerprint density at radius 3 is 2.13 bits per heavy atom. The van der Waals surface area contributed by atoms with Crippen LogP contribution in [0.15, 0.2) is 53.4 Å². The van der Waals surface area contributed by atoms with Crippen molar-refractivity contribution >= 4 is 45.0 Å². The van der Waals surface area contributed by atoms with E-state index in [0.717, 1.165) is 0 Å². The molecule has 2 aromatic carbocycles. The molecule has 1 heterocycles. The van der Waals surface area contributed by atoms with E-state index in [1.807, 2.05) is 0 Å². The third-order valence-corrected chi connectivity index (χ3v) is 6.82. The highest BCUT2D eigenvalue weighted by Crippen LogP contribution is 2.16. The molecule has 3 rings (SSSR count). The molecule has 1 fully saturated rings. The zero-order valence-electron chi connectivity index (χ0n) is 16.2. The van der Waals surface area contributed by atoms with Gasteiger partial charge in [0, 0.05) is 41.8 Å². The number of piperazine rings is 1. The Morgan fingerprint density at radius 1 is 0.933 bits per heavy atom. The van der Waals surface area contributed by atoms with Gasteiger partial charge in [0.15, 0.2) is 0 Å². The van der Waals surface area contributed by atoms with Crippen LogP contribution in [0, 0.1) is 0 Å². The maximum Gasteiger partial charge on any atom is 0.254 e. The van der Waals surface area contributed by atoms with Crippen molar-refractivity contribution in [2.24, 2.45) is 0 Å². The fraction of sp³-hybridized carbons (Fsp3) is 0.300. The molecule has 0 saturated carbocycles. The minimum atomic E-state index is -3.86. The number of hydrogen-bond acceptors (Lipinski definition) is 4. The molecule has 1 N–H and O–H groups in total. The van der Waals surface area contributed by atoms with Gasteiger partial charge in [-0.15, -0.1) is 0 Å². The van der Waals surface area contributed by atoms with E-state index >= 15 is 0 Å². The van der Waals surface area contributed by atoms with E-state index in [4.69, 9.17) is 23.2 Å². The molecule has 1 aliphatic rings. The Hall–Kier alpha value is -2.13. The summed E-state index contributed by atoms with van der Waals surface area (Å²) in [7, 11) is -3.86. The summed E-state index contributed by atoms with van der Waals surface area (Å²) < 4.78 is 27.4. The summed E-state index contributed by atoms with van der Waals surface area (Å²) in [5.74, 6) is -0.497. The first-order valence-corrected chi connectivity index (χ1v) is 11.5. The van der Waals surface area contributed by atoms with E-state index in [2.05, 4.69) is 4.72 Å². The molecule has 0 unspecified atom stereocenters. The molecule has 7 nitrogen and oxygen atoms in total. The van der Waals surface area contributed by atoms with Crippen molar-refractivity contribution in [2.75, 3.05) is 26.2 Å². The summed E-state index contributed by atoms with van der Waals surface area (Å²) in [6.07, 6.45) is 0. The van der Waals surface area contributed by atoms with Gasteiger partial charge in [0.25, 0.3) is 5.91 Å². The Bertz CT molecular complexity index is 1040. The SMILES string of the molecule is C[C@H](NS(=O)(=O)c1ccc(Cl)cc1)C(=O)N1CCN(C(=O)c2cccc(Cl)c2)CC1. The number of halogens is 2. The fourth-order valence-electron chi connectivity index (χ4n) is 3.17. The van der Waals surface area contributed by atoms with E-state index in [9.17, 15) is 18.0 Å². The molecule has 0 aliphatic carbocycles. The van der Waals surface area contributed by atoms with Crippen LogP contribution in [0.1, 0.15) is 17.3 Å². The Labute approximate surface area is 185 Å². The predicted octanol–water partition coefficient (Wildman–Crippen LogP) is 2.64. The standard InChI is InChI=1S/C20H21Cl2N3O4S/c1-14(23-30(28,29)18-7-5-16(21)6-8-18)19(26)24-9-11-25(12-10-24)20(27)15-3-2-4-17(22)13-15/h2-8,13-14,23H,9-12H2,1H3/t14-/m0/s1. The number of nitrogens with one attached hydrogen (secondary N) is 1. The molecule has 0 radical (unpaired) electrons. The first-order valence-electron chi connectivity index (χ1n) is 9.29. The average molecular weight is 470 g/mol. The highest BCUT2D eigenvalue weighted by atomic mass is 35.5. The van der Waals surface area contributed by atoms with Gasteiger partial charge in [-0.25, -0.2) is 8.42 Å². The van der Waals surface area contributed by atoms with Crippen LogP contribution < -0.4 is 4.72 Å². The van der Waals surface area contributed by atoms with Gasteiger partial charge in [-0.3, -0.25) is 9.59 Å². The van der Waals surface area contributed by atoms with Gasteiger partial charge >= 0.3 is 0 Å². The summed E-state index contributed by atoms with van der Waals surface area (Å²) in [5, 5.41) is 0.903. The van der Waals surface area contributed by atoms with Crippen LogP contribution in [0.4, 0.5) is 0 Å². The molecule has 2 aromatic rings. The zero-order chi connectivity index (χ0) is 21.9. The molecule has 0 aromatic heterocycles. The zero-order valence-corrected chi connectivity index (χ0v) is 18.5. The van der Waals surface area contributed by atoms with Crippen molar-refractivity contribution in [3.8, 4) is 0 Å². The van der Waals surface area contributed by atoms with Crippen LogP contribution in [0.25, 0.3) is 0 Å². The smallest absolute Gasteiger partial charge is 0.254 e. The predicted molar refractivity (Wildman–Crippen MR) is 115 cm³/mol. The summed E-state index contributed by atoms with van der Waals surface area (Å²) in [5.41, 5.74) is 0.492. The van der Waals surface area contributed by atoms with Crippen molar-refractivity contribution in [3.05, 3.63) is 64.1 Å². The lowest BCUT2D eigenvalue weighted by Gasteiger charge is -2.36. The molecule has 0 spiro atoms. The molecular weight excluding hydrogens is 449 g/mol. The number of nitrogens with zero attached hydrogens (tertiary/aromatic N) is 2. The molecule has 1 atom stereocenters. The minimum absolute atomic E-state index is 0.0310. The third-order valence-electron chi connectivity index (χ3n) is 4.78. The molecule has 160 valence electrons. The molecule has 1 aliphatic heterocycles. The van der Waals surface area contributed by atoms with Crippen molar-refractivity contribution in [1.82, 2.24) is 14.5 Å². The maximum atomic E-state index is 12.7. The van der Waals surface area contributed by atoms with Crippen LogP contribution in [0.2, 0.25) is 10.0 Å². The molecule has 1 saturated heterocycles. The number of sulfonamides is 1. The monoisotopic (exact) mass is 469 g/mol. The number of benzene rings is 2. The van der Waals surface area contributed by atoms with Gasteiger partial charge in [0.2, 0.25) is 15.9 Å². The lowest BCUT2D eigenvalue weighted by atomic mass is 10.1. The molecule has 0 bridgehead atoms. The molecular formula is C20H21Cl2N3O4S. The quantitative estimate of drug-likeness (QED) is 0.728. The van der Waals surface area contributed by atoms with Gasteiger partial charge in [-0.1, -0.05) is 29.3 Å². The Balaban J connectivity index is 1.58. The van der Waals surface area contributed by atoms with Crippen molar-refractivity contribution in [1.29, 1.82) is 0 Å². The fourth-order valence-corrected chi connectivity index (χ4v) is 4.69. The topological polar surface area (TPSA) is 86.8 Å². The van der Waals surface area contributed by atoms with E-state index in [-0.39, 0.29) is 16.7 Å². The number of carbonyl (C=O) groups is 2. The summed E-state index contributed by atoms with van der Waals surface area (Å²) in [4.78, 5) is 28.5. The van der Waals surface area contributed by atoms with Gasteiger partial charge in [-0.05, 0) is 49.4 Å². The van der Waals surface area contributed by atoms with Crippen molar-refractivity contribution in [2.45, 2.75) is 17.9 Å². The van der Waals surface area contributed by atoms with Crippen molar-refractivity contribution < 1.29 is 18.0 Å². The van der Waals surface area contributed by atoms with Crippen LogP contribution >= 0.6 is 23.2 Å². The van der Waals surface area contributed by atoms with E-state index < -0.39 is 16.1 Å². The van der Waals surface area contributed by atoms with E-state index in [1.165, 1.54) is 31.2 Å². The highest BCUT2D eigenvalue weighted by Gasteiger charge is 2.29. The largest absolute Gasteiger partial charge is 0.338 e. The van der Waals surface area contributed by atoms with E-state index in [1.54, 1.807) is 34.1 Å². The average Bonchev–Trinajstić information content (AvgIpc) is 2.73.